The van der Waals surface area contributed by atoms with Crippen molar-refractivity contribution in [2.24, 2.45) is 5.73 Å². The zero-order chi connectivity index (χ0) is 11.5. The number of nitrogens with two attached hydrogens (primary N) is 1. The highest BCUT2D eigenvalue weighted by Crippen LogP contribution is 2.27. The molecular weight excluding hydrogens is 218 g/mol. The fraction of sp³-hybridized carbons (Fsp3) is 0.333. The van der Waals surface area contributed by atoms with E-state index in [2.05, 4.69) is 29.9 Å². The van der Waals surface area contributed by atoms with Gasteiger partial charge in [-0.3, -0.25) is 4.98 Å². The highest BCUT2D eigenvalue weighted by Gasteiger charge is 2.10. The molecule has 2 N–H and O–H groups in total. The molecule has 0 saturated carbocycles. The lowest BCUT2D eigenvalue weighted by Crippen LogP contribution is -1.96. The second-order valence-corrected chi connectivity index (χ2v) is 4.75. The lowest BCUT2D eigenvalue weighted by atomic mass is 10.2. The van der Waals surface area contributed by atoms with Crippen molar-refractivity contribution in [3.63, 3.8) is 0 Å². The van der Waals surface area contributed by atoms with Gasteiger partial charge in [0.05, 0.1) is 11.4 Å². The van der Waals surface area contributed by atoms with E-state index >= 15 is 0 Å². The fourth-order valence-electron chi connectivity index (χ4n) is 1.58. The van der Waals surface area contributed by atoms with E-state index < -0.39 is 0 Å². The minimum Gasteiger partial charge on any atom is -0.326 e. The van der Waals surface area contributed by atoms with Crippen LogP contribution in [0.15, 0.2) is 18.3 Å². The van der Waals surface area contributed by atoms with Gasteiger partial charge in [-0.05, 0) is 31.0 Å². The predicted octanol–water partition coefficient (Wildman–Crippen LogP) is 2.53. The number of hydrogen-bond donors (Lipinski definition) is 1. The smallest absolute Gasteiger partial charge is 0.142 e. The van der Waals surface area contributed by atoms with E-state index in [-0.39, 0.29) is 0 Å². The number of aromatic nitrogens is 2. The molecule has 0 spiro atoms. The van der Waals surface area contributed by atoms with E-state index in [4.69, 9.17) is 5.73 Å². The predicted molar refractivity (Wildman–Crippen MR) is 67.4 cm³/mol. The van der Waals surface area contributed by atoms with Crippen LogP contribution >= 0.6 is 11.3 Å². The van der Waals surface area contributed by atoms with E-state index in [0.717, 1.165) is 22.8 Å². The van der Waals surface area contributed by atoms with Gasteiger partial charge >= 0.3 is 0 Å². The Hall–Kier alpha value is -1.26. The van der Waals surface area contributed by atoms with Gasteiger partial charge in [0.15, 0.2) is 0 Å². The normalized spacial score (nSPS) is 10.7. The Labute approximate surface area is 99.4 Å². The second-order valence-electron chi connectivity index (χ2n) is 3.66. The molecule has 2 heterocycles. The van der Waals surface area contributed by atoms with Crippen molar-refractivity contribution in [3.8, 4) is 10.7 Å². The van der Waals surface area contributed by atoms with E-state index in [1.54, 1.807) is 11.3 Å². The SMILES string of the molecule is CCc1nc(-c2cc(C)ccn2)sc1CN. The third kappa shape index (κ3) is 2.13. The second kappa shape index (κ2) is 4.72. The molecule has 0 aliphatic heterocycles. The van der Waals surface area contributed by atoms with Crippen molar-refractivity contribution in [1.29, 1.82) is 0 Å². The maximum absolute atomic E-state index is 5.70. The Balaban J connectivity index is 2.44. The average molecular weight is 233 g/mol. The van der Waals surface area contributed by atoms with Gasteiger partial charge in [-0.15, -0.1) is 11.3 Å². The van der Waals surface area contributed by atoms with Gasteiger partial charge in [0.25, 0.3) is 0 Å². The summed E-state index contributed by atoms with van der Waals surface area (Å²) in [4.78, 5) is 10.1. The van der Waals surface area contributed by atoms with Crippen molar-refractivity contribution in [2.45, 2.75) is 26.8 Å². The Morgan fingerprint density at radius 2 is 2.25 bits per heavy atom. The van der Waals surface area contributed by atoms with E-state index in [1.807, 2.05) is 12.3 Å². The first-order valence-electron chi connectivity index (χ1n) is 5.36. The molecule has 0 radical (unpaired) electrons. The Kier molecular flexibility index (Phi) is 3.31. The number of pyridine rings is 1. The molecule has 0 bridgehead atoms. The molecule has 0 atom stereocenters. The molecule has 4 heteroatoms. The largest absolute Gasteiger partial charge is 0.326 e. The lowest BCUT2D eigenvalue weighted by molar-refractivity contribution is 0.988. The van der Waals surface area contributed by atoms with Crippen LogP contribution < -0.4 is 5.73 Å². The van der Waals surface area contributed by atoms with Crippen LogP contribution in [-0.2, 0) is 13.0 Å². The summed E-state index contributed by atoms with van der Waals surface area (Å²) in [5.74, 6) is 0. The molecule has 16 heavy (non-hydrogen) atoms. The summed E-state index contributed by atoms with van der Waals surface area (Å²) in [6.07, 6.45) is 2.74. The van der Waals surface area contributed by atoms with Crippen LogP contribution in [0.4, 0.5) is 0 Å². The van der Waals surface area contributed by atoms with Crippen LogP contribution in [0, 0.1) is 6.92 Å². The molecule has 2 aromatic rings. The zero-order valence-corrected chi connectivity index (χ0v) is 10.3. The maximum atomic E-state index is 5.70. The summed E-state index contributed by atoms with van der Waals surface area (Å²) >= 11 is 1.65. The molecule has 2 rings (SSSR count). The number of hydrogen-bond acceptors (Lipinski definition) is 4. The van der Waals surface area contributed by atoms with Crippen molar-refractivity contribution < 1.29 is 0 Å². The summed E-state index contributed by atoms with van der Waals surface area (Å²) in [6.45, 7) is 4.72. The summed E-state index contributed by atoms with van der Waals surface area (Å²) in [6, 6.07) is 4.04. The Bertz CT molecular complexity index is 469. The Morgan fingerprint density at radius 1 is 1.44 bits per heavy atom. The molecule has 0 aromatic carbocycles. The third-order valence-corrected chi connectivity index (χ3v) is 3.58. The molecule has 2 aromatic heterocycles. The monoisotopic (exact) mass is 233 g/mol. The van der Waals surface area contributed by atoms with Crippen LogP contribution in [0.3, 0.4) is 0 Å². The van der Waals surface area contributed by atoms with Crippen molar-refractivity contribution in [2.75, 3.05) is 0 Å². The Morgan fingerprint density at radius 3 is 2.81 bits per heavy atom. The summed E-state index contributed by atoms with van der Waals surface area (Å²) < 4.78 is 0. The fourth-order valence-corrected chi connectivity index (χ4v) is 2.58. The van der Waals surface area contributed by atoms with Gasteiger partial charge in [-0.1, -0.05) is 6.92 Å². The minimum absolute atomic E-state index is 0.562. The minimum atomic E-state index is 0.562. The lowest BCUT2D eigenvalue weighted by Gasteiger charge is -1.96. The summed E-state index contributed by atoms with van der Waals surface area (Å²) in [7, 11) is 0. The summed E-state index contributed by atoms with van der Waals surface area (Å²) in [5, 5.41) is 0.973. The molecular formula is C12H15N3S. The van der Waals surface area contributed by atoms with Crippen LogP contribution in [0.25, 0.3) is 10.7 Å². The molecule has 0 amide bonds. The number of aryl methyl sites for hydroxylation is 2. The van der Waals surface area contributed by atoms with Crippen molar-refractivity contribution in [1.82, 2.24) is 9.97 Å². The zero-order valence-electron chi connectivity index (χ0n) is 9.53. The van der Waals surface area contributed by atoms with E-state index in [9.17, 15) is 0 Å². The standard InChI is InChI=1S/C12H15N3S/c1-3-9-11(7-13)16-12(15-9)10-6-8(2)4-5-14-10/h4-6H,3,7,13H2,1-2H3. The molecule has 3 nitrogen and oxygen atoms in total. The van der Waals surface area contributed by atoms with Crippen molar-refractivity contribution >= 4 is 11.3 Å². The number of thiazole rings is 1. The van der Waals surface area contributed by atoms with Gasteiger partial charge in [-0.25, -0.2) is 4.98 Å². The van der Waals surface area contributed by atoms with Crippen molar-refractivity contribution in [3.05, 3.63) is 34.5 Å². The first-order valence-corrected chi connectivity index (χ1v) is 6.18. The molecule has 0 aliphatic carbocycles. The molecule has 0 saturated heterocycles. The first-order chi connectivity index (χ1) is 7.74. The number of nitrogens with zero attached hydrogens (tertiary/aromatic N) is 2. The van der Waals surface area contributed by atoms with Gasteiger partial charge in [0, 0.05) is 17.6 Å². The van der Waals surface area contributed by atoms with Gasteiger partial charge in [0.2, 0.25) is 0 Å². The third-order valence-electron chi connectivity index (χ3n) is 2.43. The highest BCUT2D eigenvalue weighted by atomic mass is 32.1. The molecule has 0 unspecified atom stereocenters. The van der Waals surface area contributed by atoms with E-state index in [0.29, 0.717) is 6.54 Å². The molecule has 0 fully saturated rings. The first kappa shape index (κ1) is 11.2. The van der Waals surface area contributed by atoms with Gasteiger partial charge in [-0.2, -0.15) is 0 Å². The van der Waals surface area contributed by atoms with E-state index in [1.165, 1.54) is 10.4 Å². The highest BCUT2D eigenvalue weighted by molar-refractivity contribution is 7.15. The summed E-state index contributed by atoms with van der Waals surface area (Å²) in [5.41, 5.74) is 8.95. The van der Waals surface area contributed by atoms with Gasteiger partial charge in [0.1, 0.15) is 5.01 Å². The van der Waals surface area contributed by atoms with Crippen LogP contribution in [0.1, 0.15) is 23.1 Å². The maximum Gasteiger partial charge on any atom is 0.142 e. The number of rotatable bonds is 3. The quantitative estimate of drug-likeness (QED) is 0.886. The average Bonchev–Trinajstić information content (AvgIpc) is 2.72. The molecule has 0 aliphatic rings. The van der Waals surface area contributed by atoms with Crippen LogP contribution in [0.2, 0.25) is 0 Å². The molecule has 84 valence electrons. The van der Waals surface area contributed by atoms with Crippen LogP contribution in [-0.4, -0.2) is 9.97 Å². The van der Waals surface area contributed by atoms with Crippen LogP contribution in [0.5, 0.6) is 0 Å². The topological polar surface area (TPSA) is 51.8 Å². The van der Waals surface area contributed by atoms with Gasteiger partial charge < -0.3 is 5.73 Å².